The Morgan fingerprint density at radius 2 is 1.63 bits per heavy atom. The molecule has 35 heavy (non-hydrogen) atoms. The van der Waals surface area contributed by atoms with Crippen LogP contribution in [0.3, 0.4) is 0 Å². The zero-order valence-electron chi connectivity index (χ0n) is 18.9. The molecule has 1 atom stereocenters. The average Bonchev–Trinajstić information content (AvgIpc) is 3.09. The molecule has 3 aromatic carbocycles. The number of aliphatic hydroxyl groups is 1. The van der Waals surface area contributed by atoms with Crippen LogP contribution >= 0.6 is 23.2 Å². The number of hydrogen-bond acceptors (Lipinski definition) is 5. The Labute approximate surface area is 211 Å². The Morgan fingerprint density at radius 3 is 2.26 bits per heavy atom. The zero-order chi connectivity index (χ0) is 25.4. The summed E-state index contributed by atoms with van der Waals surface area (Å²) in [5.41, 5.74) is 0.732. The van der Waals surface area contributed by atoms with Crippen LogP contribution in [0.4, 0.5) is 10.1 Å². The van der Waals surface area contributed by atoms with E-state index in [0.717, 1.165) is 0 Å². The molecule has 1 aliphatic rings. The van der Waals surface area contributed by atoms with Crippen molar-refractivity contribution >= 4 is 46.3 Å². The fraction of sp³-hybridized carbons (Fsp3) is 0.154. The highest BCUT2D eigenvalue weighted by atomic mass is 35.5. The first kappa shape index (κ1) is 24.6. The van der Waals surface area contributed by atoms with Crippen LogP contribution < -0.4 is 14.4 Å². The Morgan fingerprint density at radius 1 is 1.00 bits per heavy atom. The maximum absolute atomic E-state index is 15.1. The van der Waals surface area contributed by atoms with Crippen LogP contribution in [0, 0.1) is 12.7 Å². The quantitative estimate of drug-likeness (QED) is 0.253. The number of carbonyl (C=O) groups is 2. The van der Waals surface area contributed by atoms with Gasteiger partial charge in [-0.25, -0.2) is 4.39 Å². The van der Waals surface area contributed by atoms with Crippen LogP contribution in [0.5, 0.6) is 11.5 Å². The van der Waals surface area contributed by atoms with Crippen LogP contribution in [0.15, 0.2) is 60.2 Å². The lowest BCUT2D eigenvalue weighted by Crippen LogP contribution is -2.30. The third-order valence-corrected chi connectivity index (χ3v) is 6.44. The monoisotopic (exact) mass is 515 g/mol. The van der Waals surface area contributed by atoms with E-state index in [0.29, 0.717) is 11.3 Å². The largest absolute Gasteiger partial charge is 0.507 e. The smallest absolute Gasteiger partial charge is 0.300 e. The molecule has 6 nitrogen and oxygen atoms in total. The van der Waals surface area contributed by atoms with Crippen molar-refractivity contribution in [2.75, 3.05) is 19.1 Å². The highest BCUT2D eigenvalue weighted by Crippen LogP contribution is 2.48. The molecule has 1 aliphatic heterocycles. The molecular weight excluding hydrogens is 496 g/mol. The molecular formula is C26H20Cl2FNO5. The zero-order valence-corrected chi connectivity index (χ0v) is 20.4. The van der Waals surface area contributed by atoms with Gasteiger partial charge in [0, 0.05) is 11.3 Å². The summed E-state index contributed by atoms with van der Waals surface area (Å²) in [7, 11) is 2.67. The number of amides is 1. The van der Waals surface area contributed by atoms with Gasteiger partial charge in [0.2, 0.25) is 0 Å². The van der Waals surface area contributed by atoms with Gasteiger partial charge in [-0.1, -0.05) is 59.6 Å². The predicted octanol–water partition coefficient (Wildman–Crippen LogP) is 6.08. The summed E-state index contributed by atoms with van der Waals surface area (Å²) in [6, 6.07) is 12.7. The molecule has 1 unspecified atom stereocenters. The predicted molar refractivity (Wildman–Crippen MR) is 132 cm³/mol. The minimum atomic E-state index is -1.26. The van der Waals surface area contributed by atoms with Gasteiger partial charge in [0.15, 0.2) is 11.5 Å². The first-order valence-electron chi connectivity index (χ1n) is 10.4. The lowest BCUT2D eigenvalue weighted by atomic mass is 9.94. The topological polar surface area (TPSA) is 76.1 Å². The Hall–Kier alpha value is -3.55. The van der Waals surface area contributed by atoms with Crippen LogP contribution in [-0.4, -0.2) is 31.0 Å². The SMILES string of the molecule is COc1c(Cl)cc(/C(O)=C2\C(=O)C(=O)N(c3ccccc3C)C2c2ccccc2F)c(OC)c1Cl. The van der Waals surface area contributed by atoms with E-state index in [4.69, 9.17) is 32.7 Å². The lowest BCUT2D eigenvalue weighted by molar-refractivity contribution is -0.132. The molecule has 0 bridgehead atoms. The number of benzene rings is 3. The highest BCUT2D eigenvalue weighted by Gasteiger charge is 2.48. The van der Waals surface area contributed by atoms with Gasteiger partial charge in [0.1, 0.15) is 16.6 Å². The summed E-state index contributed by atoms with van der Waals surface area (Å²) < 4.78 is 25.6. The number of rotatable bonds is 5. The van der Waals surface area contributed by atoms with E-state index < -0.39 is 29.3 Å². The normalized spacial score (nSPS) is 17.1. The van der Waals surface area contributed by atoms with Crippen molar-refractivity contribution in [3.8, 4) is 11.5 Å². The van der Waals surface area contributed by atoms with Gasteiger partial charge in [-0.15, -0.1) is 0 Å². The highest BCUT2D eigenvalue weighted by molar-refractivity contribution is 6.52. The molecule has 0 aromatic heterocycles. The van der Waals surface area contributed by atoms with Gasteiger partial charge in [0.05, 0.1) is 36.4 Å². The first-order valence-corrected chi connectivity index (χ1v) is 11.2. The van der Waals surface area contributed by atoms with Crippen LogP contribution in [0.1, 0.15) is 22.7 Å². The molecule has 9 heteroatoms. The third-order valence-electron chi connectivity index (χ3n) is 5.81. The maximum Gasteiger partial charge on any atom is 0.300 e. The Kier molecular flexibility index (Phi) is 6.74. The Balaban J connectivity index is 2.06. The number of nitrogens with zero attached hydrogens (tertiary/aromatic N) is 1. The van der Waals surface area contributed by atoms with Crippen molar-refractivity contribution < 1.29 is 28.6 Å². The van der Waals surface area contributed by atoms with E-state index >= 15 is 4.39 Å². The summed E-state index contributed by atoms with van der Waals surface area (Å²) in [4.78, 5) is 27.8. The van der Waals surface area contributed by atoms with Gasteiger partial charge >= 0.3 is 0 Å². The number of methoxy groups -OCH3 is 2. The average molecular weight is 516 g/mol. The molecule has 0 radical (unpaired) electrons. The van der Waals surface area contributed by atoms with Crippen LogP contribution in [0.2, 0.25) is 10.0 Å². The molecule has 0 saturated carbocycles. The van der Waals surface area contributed by atoms with Crippen LogP contribution in [-0.2, 0) is 9.59 Å². The second-order valence-corrected chi connectivity index (χ2v) is 8.55. The molecule has 1 fully saturated rings. The summed E-state index contributed by atoms with van der Waals surface area (Å²) in [5, 5.41) is 11.4. The summed E-state index contributed by atoms with van der Waals surface area (Å²) >= 11 is 12.7. The molecule has 0 spiro atoms. The number of ketones is 1. The van der Waals surface area contributed by atoms with E-state index in [1.807, 2.05) is 0 Å². The molecule has 1 N–H and O–H groups in total. The number of aliphatic hydroxyl groups excluding tert-OH is 1. The summed E-state index contributed by atoms with van der Waals surface area (Å²) in [5.74, 6) is -3.10. The number of para-hydroxylation sites is 1. The fourth-order valence-corrected chi connectivity index (χ4v) is 4.88. The van der Waals surface area contributed by atoms with Crippen molar-refractivity contribution in [3.05, 3.63) is 92.7 Å². The molecule has 1 amide bonds. The van der Waals surface area contributed by atoms with Gasteiger partial charge in [-0.3, -0.25) is 14.5 Å². The van der Waals surface area contributed by atoms with Crippen molar-refractivity contribution in [1.29, 1.82) is 0 Å². The van der Waals surface area contributed by atoms with Crippen molar-refractivity contribution in [3.63, 3.8) is 0 Å². The summed E-state index contributed by atoms with van der Waals surface area (Å²) in [6.45, 7) is 1.76. The van der Waals surface area contributed by atoms with E-state index in [1.165, 1.54) is 43.4 Å². The van der Waals surface area contributed by atoms with E-state index in [-0.39, 0.29) is 38.2 Å². The minimum Gasteiger partial charge on any atom is -0.507 e. The van der Waals surface area contributed by atoms with Crippen molar-refractivity contribution in [2.45, 2.75) is 13.0 Å². The molecule has 4 rings (SSSR count). The minimum absolute atomic E-state index is 0.0280. The molecule has 1 saturated heterocycles. The van der Waals surface area contributed by atoms with Gasteiger partial charge in [-0.05, 0) is 30.7 Å². The van der Waals surface area contributed by atoms with E-state index in [2.05, 4.69) is 0 Å². The standard InChI is InChI=1S/C26H20Cl2FNO5/c1-13-8-4-7-11-18(13)30-21(14-9-5-6-10-17(14)29)19(23(32)26(30)33)22(31)15-12-16(27)25(35-3)20(28)24(15)34-2/h4-12,21,31H,1-3H3/b22-19+. The fourth-order valence-electron chi connectivity index (χ4n) is 4.20. The van der Waals surface area contributed by atoms with Gasteiger partial charge in [0.25, 0.3) is 11.7 Å². The van der Waals surface area contributed by atoms with Gasteiger partial charge < -0.3 is 14.6 Å². The lowest BCUT2D eigenvalue weighted by Gasteiger charge is -2.27. The number of hydrogen-bond donors (Lipinski definition) is 1. The number of carbonyl (C=O) groups excluding carboxylic acids is 2. The number of aryl methyl sites for hydroxylation is 1. The third kappa shape index (κ3) is 4.00. The second kappa shape index (κ2) is 9.60. The molecule has 180 valence electrons. The number of anilines is 1. The number of ether oxygens (including phenoxy) is 2. The van der Waals surface area contributed by atoms with E-state index in [1.54, 1.807) is 37.3 Å². The molecule has 1 heterocycles. The van der Waals surface area contributed by atoms with Crippen molar-refractivity contribution in [1.82, 2.24) is 0 Å². The first-order chi connectivity index (χ1) is 16.7. The maximum atomic E-state index is 15.1. The molecule has 0 aliphatic carbocycles. The second-order valence-electron chi connectivity index (χ2n) is 7.76. The number of Topliss-reactive ketones (excluding diaryl/α,β-unsaturated/α-hetero) is 1. The van der Waals surface area contributed by atoms with E-state index in [9.17, 15) is 14.7 Å². The summed E-state index contributed by atoms with van der Waals surface area (Å²) in [6.07, 6.45) is 0. The molecule has 3 aromatic rings. The number of halogens is 3. The van der Waals surface area contributed by atoms with Gasteiger partial charge in [-0.2, -0.15) is 0 Å². The Bertz CT molecular complexity index is 1390. The van der Waals surface area contributed by atoms with Crippen LogP contribution in [0.25, 0.3) is 5.76 Å². The van der Waals surface area contributed by atoms with Crippen molar-refractivity contribution in [2.24, 2.45) is 0 Å².